The highest BCUT2D eigenvalue weighted by Crippen LogP contribution is 2.27. The van der Waals surface area contributed by atoms with Gasteiger partial charge in [0, 0.05) is 5.56 Å². The summed E-state index contributed by atoms with van der Waals surface area (Å²) >= 11 is 0. The van der Waals surface area contributed by atoms with E-state index >= 15 is 0 Å². The fourth-order valence-corrected chi connectivity index (χ4v) is 1.95. The molecule has 0 aliphatic heterocycles. The number of ether oxygens (including phenoxy) is 1. The van der Waals surface area contributed by atoms with E-state index in [0.717, 1.165) is 5.56 Å². The smallest absolute Gasteiger partial charge is 0.132 e. The van der Waals surface area contributed by atoms with E-state index in [4.69, 9.17) is 4.74 Å². The molecule has 0 radical (unpaired) electrons. The van der Waals surface area contributed by atoms with Crippen LogP contribution in [0.5, 0.6) is 5.75 Å². The molecule has 1 N–H and O–H groups in total. The second kappa shape index (κ2) is 6.01. The Bertz CT molecular complexity index is 589. The van der Waals surface area contributed by atoms with E-state index in [1.807, 2.05) is 13.0 Å². The Morgan fingerprint density at radius 3 is 2.40 bits per heavy atom. The first kappa shape index (κ1) is 14.5. The molecular formula is C16H16F2O2. The fourth-order valence-electron chi connectivity index (χ4n) is 1.95. The van der Waals surface area contributed by atoms with Crippen molar-refractivity contribution in [3.05, 3.63) is 64.7 Å². The van der Waals surface area contributed by atoms with Crippen molar-refractivity contribution in [1.29, 1.82) is 0 Å². The van der Waals surface area contributed by atoms with Crippen LogP contribution in [0.2, 0.25) is 0 Å². The SMILES string of the molecule is Cc1ccc(OCc2c(F)cccc2F)c([C@@H](C)O)c1. The molecule has 4 heteroatoms. The summed E-state index contributed by atoms with van der Waals surface area (Å²) in [7, 11) is 0. The molecule has 0 aromatic heterocycles. The van der Waals surface area contributed by atoms with Crippen LogP contribution >= 0.6 is 0 Å². The largest absolute Gasteiger partial charge is 0.488 e. The number of aliphatic hydroxyl groups excluding tert-OH is 1. The highest BCUT2D eigenvalue weighted by molar-refractivity contribution is 5.38. The summed E-state index contributed by atoms with van der Waals surface area (Å²) in [6.45, 7) is 3.29. The fraction of sp³-hybridized carbons (Fsp3) is 0.250. The minimum Gasteiger partial charge on any atom is -0.488 e. The minimum absolute atomic E-state index is 0.121. The molecule has 0 fully saturated rings. The van der Waals surface area contributed by atoms with Crippen molar-refractivity contribution >= 4 is 0 Å². The van der Waals surface area contributed by atoms with Crippen LogP contribution in [-0.2, 0) is 6.61 Å². The van der Waals surface area contributed by atoms with Gasteiger partial charge in [0.25, 0.3) is 0 Å². The van der Waals surface area contributed by atoms with Gasteiger partial charge in [-0.25, -0.2) is 8.78 Å². The average molecular weight is 278 g/mol. The van der Waals surface area contributed by atoms with Crippen molar-refractivity contribution in [3.63, 3.8) is 0 Å². The number of benzene rings is 2. The zero-order chi connectivity index (χ0) is 14.7. The molecule has 0 saturated carbocycles. The Morgan fingerprint density at radius 1 is 1.15 bits per heavy atom. The first-order valence-corrected chi connectivity index (χ1v) is 6.33. The molecule has 106 valence electrons. The van der Waals surface area contributed by atoms with Gasteiger partial charge >= 0.3 is 0 Å². The Morgan fingerprint density at radius 2 is 1.80 bits per heavy atom. The van der Waals surface area contributed by atoms with Crippen molar-refractivity contribution in [2.24, 2.45) is 0 Å². The van der Waals surface area contributed by atoms with Gasteiger partial charge in [0.1, 0.15) is 24.0 Å². The minimum atomic E-state index is -0.713. The Hall–Kier alpha value is -1.94. The van der Waals surface area contributed by atoms with E-state index < -0.39 is 17.7 Å². The lowest BCUT2D eigenvalue weighted by atomic mass is 10.1. The highest BCUT2D eigenvalue weighted by atomic mass is 19.1. The number of aliphatic hydroxyl groups is 1. The van der Waals surface area contributed by atoms with Gasteiger partial charge < -0.3 is 9.84 Å². The molecule has 1 atom stereocenters. The van der Waals surface area contributed by atoms with Crippen molar-refractivity contribution in [3.8, 4) is 5.75 Å². The van der Waals surface area contributed by atoms with Crippen LogP contribution in [0.1, 0.15) is 29.7 Å². The second-order valence-electron chi connectivity index (χ2n) is 4.71. The van der Waals surface area contributed by atoms with Crippen LogP contribution in [0, 0.1) is 18.6 Å². The predicted molar refractivity (Wildman–Crippen MR) is 72.5 cm³/mol. The molecule has 2 rings (SSSR count). The standard InChI is InChI=1S/C16H16F2O2/c1-10-6-7-16(12(8-10)11(2)19)20-9-13-14(17)4-3-5-15(13)18/h3-8,11,19H,9H2,1-2H3/t11-/m1/s1. The molecule has 0 aliphatic carbocycles. The first-order valence-electron chi connectivity index (χ1n) is 6.33. The molecule has 0 heterocycles. The molecule has 0 amide bonds. The Labute approximate surface area is 116 Å². The third kappa shape index (κ3) is 3.14. The van der Waals surface area contributed by atoms with Crippen LogP contribution in [0.15, 0.2) is 36.4 Å². The highest BCUT2D eigenvalue weighted by Gasteiger charge is 2.13. The summed E-state index contributed by atoms with van der Waals surface area (Å²) in [4.78, 5) is 0. The monoisotopic (exact) mass is 278 g/mol. The first-order chi connectivity index (χ1) is 9.49. The topological polar surface area (TPSA) is 29.5 Å². The zero-order valence-electron chi connectivity index (χ0n) is 11.4. The number of hydrogen-bond donors (Lipinski definition) is 1. The zero-order valence-corrected chi connectivity index (χ0v) is 11.4. The number of aryl methyl sites for hydroxylation is 1. The Kier molecular flexibility index (Phi) is 4.35. The molecular weight excluding hydrogens is 262 g/mol. The maximum absolute atomic E-state index is 13.5. The molecule has 2 aromatic rings. The van der Waals surface area contributed by atoms with E-state index in [-0.39, 0.29) is 12.2 Å². The van der Waals surface area contributed by atoms with Crippen molar-refractivity contribution in [1.82, 2.24) is 0 Å². The summed E-state index contributed by atoms with van der Waals surface area (Å²) in [5.74, 6) is -0.861. The summed E-state index contributed by atoms with van der Waals surface area (Å²) in [6, 6.07) is 8.98. The van der Waals surface area contributed by atoms with Gasteiger partial charge in [-0.05, 0) is 38.1 Å². The molecule has 0 saturated heterocycles. The van der Waals surface area contributed by atoms with E-state index in [0.29, 0.717) is 11.3 Å². The summed E-state index contributed by atoms with van der Waals surface area (Å²) in [5.41, 5.74) is 1.46. The van der Waals surface area contributed by atoms with Crippen molar-refractivity contribution in [2.45, 2.75) is 26.6 Å². The normalized spacial score (nSPS) is 12.2. The lowest BCUT2D eigenvalue weighted by molar-refractivity contribution is 0.189. The van der Waals surface area contributed by atoms with Gasteiger partial charge in [-0.15, -0.1) is 0 Å². The second-order valence-corrected chi connectivity index (χ2v) is 4.71. The third-order valence-electron chi connectivity index (χ3n) is 3.05. The number of rotatable bonds is 4. The van der Waals surface area contributed by atoms with Crippen molar-refractivity contribution in [2.75, 3.05) is 0 Å². The summed E-state index contributed by atoms with van der Waals surface area (Å²) < 4.78 is 32.5. The average Bonchev–Trinajstić information content (AvgIpc) is 2.39. The van der Waals surface area contributed by atoms with Crippen molar-refractivity contribution < 1.29 is 18.6 Å². The van der Waals surface area contributed by atoms with E-state index in [1.165, 1.54) is 18.2 Å². The lowest BCUT2D eigenvalue weighted by Gasteiger charge is -2.15. The van der Waals surface area contributed by atoms with Gasteiger partial charge in [-0.3, -0.25) is 0 Å². The molecule has 0 spiro atoms. The summed E-state index contributed by atoms with van der Waals surface area (Å²) in [6.07, 6.45) is -0.713. The van der Waals surface area contributed by atoms with Crippen LogP contribution in [-0.4, -0.2) is 5.11 Å². The molecule has 20 heavy (non-hydrogen) atoms. The number of hydrogen-bond acceptors (Lipinski definition) is 2. The summed E-state index contributed by atoms with van der Waals surface area (Å²) in [5, 5.41) is 9.71. The van der Waals surface area contributed by atoms with Crippen LogP contribution in [0.4, 0.5) is 8.78 Å². The maximum atomic E-state index is 13.5. The van der Waals surface area contributed by atoms with Crippen LogP contribution < -0.4 is 4.74 Å². The van der Waals surface area contributed by atoms with Gasteiger partial charge in [-0.1, -0.05) is 17.7 Å². The Balaban J connectivity index is 2.23. The van der Waals surface area contributed by atoms with Gasteiger partial charge in [0.2, 0.25) is 0 Å². The van der Waals surface area contributed by atoms with Crippen LogP contribution in [0.3, 0.4) is 0 Å². The van der Waals surface area contributed by atoms with E-state index in [1.54, 1.807) is 19.1 Å². The van der Waals surface area contributed by atoms with Crippen LogP contribution in [0.25, 0.3) is 0 Å². The van der Waals surface area contributed by atoms with E-state index in [2.05, 4.69) is 0 Å². The third-order valence-corrected chi connectivity index (χ3v) is 3.05. The number of halogens is 2. The van der Waals surface area contributed by atoms with Gasteiger partial charge in [0.15, 0.2) is 0 Å². The molecule has 0 unspecified atom stereocenters. The lowest BCUT2D eigenvalue weighted by Crippen LogP contribution is -2.04. The van der Waals surface area contributed by atoms with E-state index in [9.17, 15) is 13.9 Å². The quantitative estimate of drug-likeness (QED) is 0.919. The molecule has 2 aromatic carbocycles. The van der Waals surface area contributed by atoms with Gasteiger partial charge in [0.05, 0.1) is 11.7 Å². The molecule has 0 bridgehead atoms. The maximum Gasteiger partial charge on any atom is 0.132 e. The molecule has 2 nitrogen and oxygen atoms in total. The molecule has 0 aliphatic rings. The predicted octanol–water partition coefficient (Wildman–Crippen LogP) is 3.91. The van der Waals surface area contributed by atoms with Gasteiger partial charge in [-0.2, -0.15) is 0 Å².